The second kappa shape index (κ2) is 9.91. The number of halogens is 1. The maximum atomic E-state index is 6.31. The molecule has 29 heavy (non-hydrogen) atoms. The van der Waals surface area contributed by atoms with Crippen LogP contribution in [0.15, 0.2) is 54.7 Å². The van der Waals surface area contributed by atoms with Gasteiger partial charge in [0.05, 0.1) is 12.8 Å². The van der Waals surface area contributed by atoms with E-state index in [1.165, 1.54) is 16.7 Å². The quantitative estimate of drug-likeness (QED) is 0.445. The monoisotopic (exact) mass is 408 g/mol. The molecule has 0 atom stereocenters. The highest BCUT2D eigenvalue weighted by molar-refractivity contribution is 6.31. The smallest absolute Gasteiger partial charge is 0.127 e. The highest BCUT2D eigenvalue weighted by Gasteiger charge is 2.15. The molecule has 0 aliphatic rings. The lowest BCUT2D eigenvalue weighted by Crippen LogP contribution is -2.18. The van der Waals surface area contributed by atoms with E-state index in [-0.39, 0.29) is 0 Å². The second-order valence-electron chi connectivity index (χ2n) is 7.30. The first-order valence-electron chi connectivity index (χ1n) is 10.1. The molecular formula is C25H29ClN2O. The lowest BCUT2D eigenvalue weighted by molar-refractivity contribution is 0.309. The minimum atomic E-state index is 0.734. The van der Waals surface area contributed by atoms with Gasteiger partial charge in [0.1, 0.15) is 5.75 Å². The molecule has 0 N–H and O–H groups in total. The van der Waals surface area contributed by atoms with E-state index in [1.54, 1.807) is 7.11 Å². The lowest BCUT2D eigenvalue weighted by Gasteiger charge is -2.20. The Kier molecular flexibility index (Phi) is 7.29. The number of aryl methyl sites for hydroxylation is 2. The van der Waals surface area contributed by atoms with Gasteiger partial charge in [0.15, 0.2) is 0 Å². The molecule has 0 fully saturated rings. The number of benzene rings is 2. The maximum Gasteiger partial charge on any atom is 0.127 e. The van der Waals surface area contributed by atoms with Crippen LogP contribution in [0.5, 0.6) is 5.75 Å². The van der Waals surface area contributed by atoms with E-state index in [0.717, 1.165) is 53.5 Å². The van der Waals surface area contributed by atoms with E-state index < -0.39 is 0 Å². The molecule has 0 spiro atoms. The average molecular weight is 409 g/mol. The van der Waals surface area contributed by atoms with E-state index in [1.807, 2.05) is 24.4 Å². The molecule has 0 unspecified atom stereocenters. The fourth-order valence-corrected chi connectivity index (χ4v) is 3.94. The van der Waals surface area contributed by atoms with Crippen LogP contribution in [0.4, 0.5) is 0 Å². The van der Waals surface area contributed by atoms with Crippen LogP contribution >= 0.6 is 11.6 Å². The van der Waals surface area contributed by atoms with Crippen LogP contribution in [0.2, 0.25) is 5.02 Å². The van der Waals surface area contributed by atoms with Gasteiger partial charge in [0.25, 0.3) is 0 Å². The van der Waals surface area contributed by atoms with Crippen LogP contribution < -0.4 is 4.74 Å². The molecule has 3 rings (SSSR count). The Bertz CT molecular complexity index is 949. The number of methoxy groups -OCH3 is 1. The Labute approximate surface area is 179 Å². The standard InChI is InChI=1S/C25H29ClN2O/c1-5-18-11-9-12-19(6-2)25(18)23-14-24(29-4)21(15-27-23)17-28(3)16-20-10-7-8-13-22(20)26/h7-15H,5-6,16-17H2,1-4H3. The first kappa shape index (κ1) is 21.4. The summed E-state index contributed by atoms with van der Waals surface area (Å²) in [5.41, 5.74) is 7.05. The van der Waals surface area contributed by atoms with Crippen molar-refractivity contribution in [1.29, 1.82) is 0 Å². The van der Waals surface area contributed by atoms with Gasteiger partial charge >= 0.3 is 0 Å². The summed E-state index contributed by atoms with van der Waals surface area (Å²) in [4.78, 5) is 7.04. The zero-order chi connectivity index (χ0) is 20.8. The van der Waals surface area contributed by atoms with Crippen LogP contribution in [0.25, 0.3) is 11.3 Å². The van der Waals surface area contributed by atoms with Crippen molar-refractivity contribution < 1.29 is 4.74 Å². The Morgan fingerprint density at radius 1 is 0.897 bits per heavy atom. The van der Waals surface area contributed by atoms with E-state index in [9.17, 15) is 0 Å². The molecule has 0 aliphatic heterocycles. The molecule has 3 nitrogen and oxygen atoms in total. The predicted octanol–water partition coefficient (Wildman–Crippen LogP) is 6.17. The first-order valence-corrected chi connectivity index (χ1v) is 10.5. The third-order valence-corrected chi connectivity index (χ3v) is 5.63. The van der Waals surface area contributed by atoms with E-state index in [2.05, 4.69) is 56.1 Å². The van der Waals surface area contributed by atoms with Crippen molar-refractivity contribution in [3.8, 4) is 17.0 Å². The van der Waals surface area contributed by atoms with Gasteiger partial charge in [-0.25, -0.2) is 0 Å². The summed E-state index contributed by atoms with van der Waals surface area (Å²) < 4.78 is 5.74. The SMILES string of the molecule is CCc1cccc(CC)c1-c1cc(OC)c(CN(C)Cc2ccccc2Cl)cn1. The van der Waals surface area contributed by atoms with Crippen molar-refractivity contribution in [1.82, 2.24) is 9.88 Å². The van der Waals surface area contributed by atoms with Crippen LogP contribution in [-0.4, -0.2) is 24.0 Å². The van der Waals surface area contributed by atoms with Crippen molar-refractivity contribution in [3.63, 3.8) is 0 Å². The molecule has 0 aliphatic carbocycles. The molecule has 152 valence electrons. The summed E-state index contributed by atoms with van der Waals surface area (Å²) >= 11 is 6.31. The normalized spacial score (nSPS) is 11.1. The molecular weight excluding hydrogens is 380 g/mol. The number of aromatic nitrogens is 1. The third-order valence-electron chi connectivity index (χ3n) is 5.26. The van der Waals surface area contributed by atoms with Crippen molar-refractivity contribution in [3.05, 3.63) is 82.0 Å². The second-order valence-corrected chi connectivity index (χ2v) is 7.71. The van der Waals surface area contributed by atoms with Gasteiger partial charge in [-0.3, -0.25) is 9.88 Å². The molecule has 2 aromatic carbocycles. The topological polar surface area (TPSA) is 25.4 Å². The lowest BCUT2D eigenvalue weighted by atomic mass is 9.94. The molecule has 3 aromatic rings. The zero-order valence-electron chi connectivity index (χ0n) is 17.7. The summed E-state index contributed by atoms with van der Waals surface area (Å²) in [6.45, 7) is 5.88. The Hall–Kier alpha value is -2.36. The van der Waals surface area contributed by atoms with Gasteiger partial charge in [0.2, 0.25) is 0 Å². The summed E-state index contributed by atoms with van der Waals surface area (Å²) in [7, 11) is 3.81. The molecule has 4 heteroatoms. The summed E-state index contributed by atoms with van der Waals surface area (Å²) in [5, 5.41) is 0.794. The van der Waals surface area contributed by atoms with Gasteiger partial charge in [-0.2, -0.15) is 0 Å². The van der Waals surface area contributed by atoms with Crippen LogP contribution in [0.3, 0.4) is 0 Å². The van der Waals surface area contributed by atoms with Gasteiger partial charge in [-0.05, 0) is 42.6 Å². The molecule has 0 bridgehead atoms. The zero-order valence-corrected chi connectivity index (χ0v) is 18.5. The molecule has 0 saturated carbocycles. The van der Waals surface area contributed by atoms with Gasteiger partial charge in [-0.1, -0.05) is 61.8 Å². The minimum Gasteiger partial charge on any atom is -0.496 e. The molecule has 0 saturated heterocycles. The number of hydrogen-bond donors (Lipinski definition) is 0. The fraction of sp³-hybridized carbons (Fsp3) is 0.320. The van der Waals surface area contributed by atoms with Gasteiger partial charge in [-0.15, -0.1) is 0 Å². The highest BCUT2D eigenvalue weighted by Crippen LogP contribution is 2.31. The van der Waals surface area contributed by atoms with Crippen molar-refractivity contribution in [2.24, 2.45) is 0 Å². The van der Waals surface area contributed by atoms with Crippen LogP contribution in [0.1, 0.15) is 36.1 Å². The number of hydrogen-bond acceptors (Lipinski definition) is 3. The van der Waals surface area contributed by atoms with Gasteiger partial charge in [0, 0.05) is 41.5 Å². The molecule has 0 amide bonds. The van der Waals surface area contributed by atoms with Crippen LogP contribution in [-0.2, 0) is 25.9 Å². The number of rotatable bonds is 8. The fourth-order valence-electron chi connectivity index (χ4n) is 3.75. The van der Waals surface area contributed by atoms with E-state index >= 15 is 0 Å². The van der Waals surface area contributed by atoms with Crippen LogP contribution in [0, 0.1) is 0 Å². The number of ether oxygens (including phenoxy) is 1. The summed E-state index contributed by atoms with van der Waals surface area (Å²) in [6, 6.07) is 16.5. The van der Waals surface area contributed by atoms with Crippen molar-refractivity contribution >= 4 is 11.6 Å². The van der Waals surface area contributed by atoms with E-state index in [0.29, 0.717) is 0 Å². The van der Waals surface area contributed by atoms with Gasteiger partial charge < -0.3 is 4.74 Å². The summed E-state index contributed by atoms with van der Waals surface area (Å²) in [5.74, 6) is 0.869. The third kappa shape index (κ3) is 4.98. The highest BCUT2D eigenvalue weighted by atomic mass is 35.5. The Morgan fingerprint density at radius 2 is 1.52 bits per heavy atom. The molecule has 1 aromatic heterocycles. The Morgan fingerprint density at radius 3 is 2.14 bits per heavy atom. The number of pyridine rings is 1. The summed E-state index contributed by atoms with van der Waals surface area (Å²) in [6.07, 6.45) is 3.91. The molecule has 1 heterocycles. The van der Waals surface area contributed by atoms with E-state index in [4.69, 9.17) is 21.3 Å². The maximum absolute atomic E-state index is 6.31. The minimum absolute atomic E-state index is 0.734. The largest absolute Gasteiger partial charge is 0.496 e. The Balaban J connectivity index is 1.87. The number of nitrogens with zero attached hydrogens (tertiary/aromatic N) is 2. The predicted molar refractivity (Wildman–Crippen MR) is 122 cm³/mol. The molecule has 0 radical (unpaired) electrons. The first-order chi connectivity index (χ1) is 14.1. The van der Waals surface area contributed by atoms with Crippen molar-refractivity contribution in [2.45, 2.75) is 39.8 Å². The average Bonchev–Trinajstić information content (AvgIpc) is 2.75. The van der Waals surface area contributed by atoms with Crippen molar-refractivity contribution in [2.75, 3.05) is 14.2 Å².